The molecule has 0 aromatic heterocycles. The van der Waals surface area contributed by atoms with Crippen molar-refractivity contribution >= 4 is 5.69 Å². The Morgan fingerprint density at radius 2 is 1.67 bits per heavy atom. The quantitative estimate of drug-likeness (QED) is 0.789. The minimum Gasteiger partial charge on any atom is -0.388 e. The number of aliphatic hydroxyl groups is 1. The maximum atomic E-state index is 9.79. The van der Waals surface area contributed by atoms with Gasteiger partial charge in [-0.15, -0.1) is 0 Å². The molecule has 1 aromatic rings. The molecule has 0 spiro atoms. The van der Waals surface area contributed by atoms with Crippen LogP contribution in [-0.4, -0.2) is 18.2 Å². The van der Waals surface area contributed by atoms with Gasteiger partial charge in [0.2, 0.25) is 0 Å². The molecule has 0 heterocycles. The second-order valence-electron chi connectivity index (χ2n) is 5.07. The zero-order chi connectivity index (χ0) is 13.5. The second-order valence-corrected chi connectivity index (χ2v) is 5.07. The summed E-state index contributed by atoms with van der Waals surface area (Å²) in [6, 6.07) is 8.34. The van der Waals surface area contributed by atoms with Crippen LogP contribution >= 0.6 is 0 Å². The summed E-state index contributed by atoms with van der Waals surface area (Å²) in [5.41, 5.74) is 2.27. The molecule has 0 saturated carbocycles. The van der Waals surface area contributed by atoms with Crippen molar-refractivity contribution in [3.63, 3.8) is 0 Å². The first kappa shape index (κ1) is 15.0. The Balaban J connectivity index is 2.75. The first-order chi connectivity index (χ1) is 8.62. The summed E-state index contributed by atoms with van der Waals surface area (Å²) >= 11 is 0. The van der Waals surface area contributed by atoms with Crippen molar-refractivity contribution in [1.29, 1.82) is 0 Å². The molecule has 0 aliphatic heterocycles. The lowest BCUT2D eigenvalue weighted by molar-refractivity contribution is 0.173. The second kappa shape index (κ2) is 7.42. The standard InChI is InChI=1S/C16H27NO/c1-5-13(4)12-17(7-3)15-10-8-14(9-11-15)16(18)6-2/h8-11,13,16,18H,5-7,12H2,1-4H3. The maximum Gasteiger partial charge on any atom is 0.0787 e. The number of rotatable bonds is 7. The molecule has 102 valence electrons. The molecule has 2 nitrogen and oxygen atoms in total. The monoisotopic (exact) mass is 249 g/mol. The number of benzene rings is 1. The fourth-order valence-corrected chi connectivity index (χ4v) is 2.07. The maximum absolute atomic E-state index is 9.79. The van der Waals surface area contributed by atoms with Crippen LogP contribution in [0.5, 0.6) is 0 Å². The average Bonchev–Trinajstić information content (AvgIpc) is 2.43. The highest BCUT2D eigenvalue weighted by molar-refractivity contribution is 5.47. The highest BCUT2D eigenvalue weighted by Gasteiger charge is 2.09. The van der Waals surface area contributed by atoms with Crippen LogP contribution in [0.15, 0.2) is 24.3 Å². The minimum absolute atomic E-state index is 0.330. The van der Waals surface area contributed by atoms with Gasteiger partial charge in [-0.1, -0.05) is 39.3 Å². The lowest BCUT2D eigenvalue weighted by Gasteiger charge is -2.26. The molecule has 1 rings (SSSR count). The topological polar surface area (TPSA) is 23.5 Å². The van der Waals surface area contributed by atoms with E-state index in [1.165, 1.54) is 12.1 Å². The van der Waals surface area contributed by atoms with E-state index in [4.69, 9.17) is 0 Å². The van der Waals surface area contributed by atoms with Crippen LogP contribution in [0.4, 0.5) is 5.69 Å². The molecular weight excluding hydrogens is 222 g/mol. The van der Waals surface area contributed by atoms with Crippen molar-refractivity contribution < 1.29 is 5.11 Å². The number of hydrogen-bond donors (Lipinski definition) is 1. The van der Waals surface area contributed by atoms with Crippen LogP contribution in [-0.2, 0) is 0 Å². The Morgan fingerprint density at radius 1 is 1.06 bits per heavy atom. The number of aliphatic hydroxyl groups excluding tert-OH is 1. The lowest BCUT2D eigenvalue weighted by atomic mass is 10.1. The lowest BCUT2D eigenvalue weighted by Crippen LogP contribution is -2.27. The van der Waals surface area contributed by atoms with Crippen molar-refractivity contribution in [3.05, 3.63) is 29.8 Å². The molecule has 0 fully saturated rings. The van der Waals surface area contributed by atoms with Crippen molar-refractivity contribution in [2.75, 3.05) is 18.0 Å². The van der Waals surface area contributed by atoms with E-state index in [1.54, 1.807) is 0 Å². The van der Waals surface area contributed by atoms with Gasteiger partial charge >= 0.3 is 0 Å². The van der Waals surface area contributed by atoms with Gasteiger partial charge in [-0.05, 0) is 37.0 Å². The third kappa shape index (κ3) is 4.02. The first-order valence-corrected chi connectivity index (χ1v) is 7.15. The van der Waals surface area contributed by atoms with E-state index in [-0.39, 0.29) is 6.10 Å². The van der Waals surface area contributed by atoms with Gasteiger partial charge in [0.05, 0.1) is 6.10 Å². The van der Waals surface area contributed by atoms with Gasteiger partial charge in [-0.2, -0.15) is 0 Å². The van der Waals surface area contributed by atoms with Gasteiger partial charge in [0.15, 0.2) is 0 Å². The normalized spacial score (nSPS) is 14.3. The Bertz CT molecular complexity index is 333. The third-order valence-corrected chi connectivity index (χ3v) is 3.64. The Morgan fingerprint density at radius 3 is 2.11 bits per heavy atom. The predicted octanol–water partition coefficient (Wildman–Crippen LogP) is 4.00. The summed E-state index contributed by atoms with van der Waals surface area (Å²) in [4.78, 5) is 2.40. The molecule has 0 bridgehead atoms. The van der Waals surface area contributed by atoms with Gasteiger partial charge in [-0.25, -0.2) is 0 Å². The summed E-state index contributed by atoms with van der Waals surface area (Å²) in [5.74, 6) is 0.714. The third-order valence-electron chi connectivity index (χ3n) is 3.64. The zero-order valence-electron chi connectivity index (χ0n) is 12.2. The highest BCUT2D eigenvalue weighted by atomic mass is 16.3. The van der Waals surface area contributed by atoms with Gasteiger partial charge in [0, 0.05) is 18.8 Å². The van der Waals surface area contributed by atoms with Crippen LogP contribution in [0.25, 0.3) is 0 Å². The van der Waals surface area contributed by atoms with Crippen LogP contribution in [0.2, 0.25) is 0 Å². The summed E-state index contributed by atoms with van der Waals surface area (Å²) in [7, 11) is 0. The molecule has 0 radical (unpaired) electrons. The summed E-state index contributed by atoms with van der Waals surface area (Å²) < 4.78 is 0. The van der Waals surface area contributed by atoms with Crippen LogP contribution in [0, 0.1) is 5.92 Å². The van der Waals surface area contributed by atoms with Crippen molar-refractivity contribution in [2.45, 2.75) is 46.6 Å². The van der Waals surface area contributed by atoms with Gasteiger partial charge in [0.25, 0.3) is 0 Å². The molecular formula is C16H27NO. The van der Waals surface area contributed by atoms with Crippen LogP contribution < -0.4 is 4.90 Å². The molecule has 18 heavy (non-hydrogen) atoms. The van der Waals surface area contributed by atoms with E-state index in [2.05, 4.69) is 37.8 Å². The van der Waals surface area contributed by atoms with E-state index in [0.29, 0.717) is 5.92 Å². The smallest absolute Gasteiger partial charge is 0.0787 e. The SMILES string of the molecule is CCC(C)CN(CC)c1ccc(C(O)CC)cc1. The predicted molar refractivity (Wildman–Crippen MR) is 79.0 cm³/mol. The number of anilines is 1. The average molecular weight is 249 g/mol. The Hall–Kier alpha value is -1.02. The molecule has 2 heteroatoms. The first-order valence-electron chi connectivity index (χ1n) is 7.15. The number of nitrogens with zero attached hydrogens (tertiary/aromatic N) is 1. The van der Waals surface area contributed by atoms with Gasteiger partial charge < -0.3 is 10.0 Å². The molecule has 2 atom stereocenters. The minimum atomic E-state index is -0.330. The zero-order valence-corrected chi connectivity index (χ0v) is 12.2. The largest absolute Gasteiger partial charge is 0.388 e. The summed E-state index contributed by atoms with van der Waals surface area (Å²) in [5, 5.41) is 9.79. The Kier molecular flexibility index (Phi) is 6.20. The molecule has 0 aliphatic carbocycles. The molecule has 0 amide bonds. The van der Waals surface area contributed by atoms with Gasteiger partial charge in [-0.3, -0.25) is 0 Å². The molecule has 1 aromatic carbocycles. The van der Waals surface area contributed by atoms with Gasteiger partial charge in [0.1, 0.15) is 0 Å². The number of hydrogen-bond acceptors (Lipinski definition) is 2. The molecule has 2 unspecified atom stereocenters. The van der Waals surface area contributed by atoms with Crippen molar-refractivity contribution in [1.82, 2.24) is 0 Å². The van der Waals surface area contributed by atoms with Crippen molar-refractivity contribution in [2.24, 2.45) is 5.92 Å². The van der Waals surface area contributed by atoms with Crippen LogP contribution in [0.3, 0.4) is 0 Å². The molecule has 0 aliphatic rings. The van der Waals surface area contributed by atoms with E-state index in [9.17, 15) is 5.11 Å². The van der Waals surface area contributed by atoms with Crippen LogP contribution in [0.1, 0.15) is 52.2 Å². The Labute approximate surface area is 112 Å². The highest BCUT2D eigenvalue weighted by Crippen LogP contribution is 2.22. The van der Waals surface area contributed by atoms with Crippen molar-refractivity contribution in [3.8, 4) is 0 Å². The molecule has 0 saturated heterocycles. The summed E-state index contributed by atoms with van der Waals surface area (Å²) in [6.45, 7) is 10.8. The molecule has 1 N–H and O–H groups in total. The van der Waals surface area contributed by atoms with E-state index < -0.39 is 0 Å². The summed E-state index contributed by atoms with van der Waals surface area (Å²) in [6.07, 6.45) is 1.65. The fourth-order valence-electron chi connectivity index (χ4n) is 2.07. The fraction of sp³-hybridized carbons (Fsp3) is 0.625. The van der Waals surface area contributed by atoms with E-state index in [0.717, 1.165) is 25.1 Å². The van der Waals surface area contributed by atoms with E-state index >= 15 is 0 Å². The van der Waals surface area contributed by atoms with E-state index in [1.807, 2.05) is 19.1 Å².